The Morgan fingerprint density at radius 3 is 2.14 bits per heavy atom. The molecule has 2 nitrogen and oxygen atoms in total. The summed E-state index contributed by atoms with van der Waals surface area (Å²) in [5, 5.41) is 7.55. The lowest BCUT2D eigenvalue weighted by Crippen LogP contribution is -1.49. The van der Waals surface area contributed by atoms with Gasteiger partial charge < -0.3 is 5.11 Å². The summed E-state index contributed by atoms with van der Waals surface area (Å²) in [6.07, 6.45) is 4.73. The highest BCUT2D eigenvalue weighted by Gasteiger charge is 1.46. The molecular formula is C4H5BrO2. The molecule has 0 radical (unpaired) electrons. The van der Waals surface area contributed by atoms with Crippen LogP contribution in [0.15, 0.2) is 0 Å². The van der Waals surface area contributed by atoms with E-state index >= 15 is 0 Å². The molecule has 0 aliphatic rings. The fraction of sp³-hybridized carbons (Fsp3) is 0.250. The van der Waals surface area contributed by atoms with Crippen LogP contribution in [-0.2, 0) is 4.79 Å². The average Bonchev–Trinajstić information content (AvgIpc) is 1.69. The maximum Gasteiger partial charge on any atom is 0.290 e. The summed E-state index contributed by atoms with van der Waals surface area (Å²) < 4.78 is 0. The third kappa shape index (κ3) is 261. The lowest BCUT2D eigenvalue weighted by molar-refractivity contribution is -0.122. The highest BCUT2D eigenvalue weighted by Crippen LogP contribution is 1.68. The van der Waals surface area contributed by atoms with Crippen molar-refractivity contribution in [3.05, 3.63) is 0 Å². The van der Waals surface area contributed by atoms with Crippen LogP contribution in [0, 0.1) is 12.3 Å². The van der Waals surface area contributed by atoms with E-state index in [1.165, 1.54) is 0 Å². The first-order valence-corrected chi connectivity index (χ1v) is 2.52. The predicted molar refractivity (Wildman–Crippen MR) is 31.3 cm³/mol. The molecule has 0 spiro atoms. The topological polar surface area (TPSA) is 37.3 Å². The number of carbonyl (C=O) groups is 1. The van der Waals surface area contributed by atoms with Crippen molar-refractivity contribution >= 4 is 22.4 Å². The average molecular weight is 165 g/mol. The predicted octanol–water partition coefficient (Wildman–Crippen LogP) is 0.715. The lowest BCUT2D eigenvalue weighted by Gasteiger charge is -1.50. The third-order valence-corrected chi connectivity index (χ3v) is 0.401. The van der Waals surface area contributed by atoms with E-state index in [-0.39, 0.29) is 6.47 Å². The van der Waals surface area contributed by atoms with Gasteiger partial charge in [0.1, 0.15) is 0 Å². The standard InChI is InChI=1S/C3H3Br.CH2O2/c1-2-3-4;2-1-3/h1H,3H2;1H,(H,2,3). The number of carboxylic acid groups (broad SMARTS) is 1. The van der Waals surface area contributed by atoms with Gasteiger partial charge in [-0.15, -0.1) is 6.42 Å². The normalized spacial score (nSPS) is 4.57. The van der Waals surface area contributed by atoms with E-state index in [1.807, 2.05) is 0 Å². The van der Waals surface area contributed by atoms with Crippen molar-refractivity contribution in [2.75, 3.05) is 5.33 Å². The summed E-state index contributed by atoms with van der Waals surface area (Å²) in [5.74, 6) is 2.35. The lowest BCUT2D eigenvalue weighted by atomic mass is 10.9. The monoisotopic (exact) mass is 164 g/mol. The first kappa shape index (κ1) is 9.72. The van der Waals surface area contributed by atoms with Crippen LogP contribution in [0.2, 0.25) is 0 Å². The maximum absolute atomic E-state index is 8.36. The molecule has 3 heteroatoms. The molecule has 0 atom stereocenters. The Labute approximate surface area is 50.7 Å². The molecule has 0 aliphatic carbocycles. The molecule has 0 amide bonds. The van der Waals surface area contributed by atoms with Gasteiger partial charge in [-0.3, -0.25) is 4.79 Å². The molecule has 0 saturated heterocycles. The number of hydrogen-bond acceptors (Lipinski definition) is 1. The molecule has 0 aliphatic heterocycles. The Kier molecular flexibility index (Phi) is 24.7. The number of terminal acetylenes is 1. The third-order valence-electron chi connectivity index (χ3n) is 0.0772. The second-order valence-corrected chi connectivity index (χ2v) is 1.00. The highest BCUT2D eigenvalue weighted by molar-refractivity contribution is 9.09. The van der Waals surface area contributed by atoms with Crippen LogP contribution in [0.1, 0.15) is 0 Å². The second-order valence-electron chi connectivity index (χ2n) is 0.443. The summed E-state index contributed by atoms with van der Waals surface area (Å²) in [7, 11) is 0. The molecule has 0 aromatic heterocycles. The molecule has 0 heterocycles. The minimum Gasteiger partial charge on any atom is -0.483 e. The zero-order valence-electron chi connectivity index (χ0n) is 3.60. The second kappa shape index (κ2) is 17.8. The summed E-state index contributed by atoms with van der Waals surface area (Å²) >= 11 is 3.01. The van der Waals surface area contributed by atoms with Crippen molar-refractivity contribution in [1.29, 1.82) is 0 Å². The van der Waals surface area contributed by atoms with Crippen LogP contribution >= 0.6 is 15.9 Å². The van der Waals surface area contributed by atoms with E-state index < -0.39 is 0 Å². The van der Waals surface area contributed by atoms with Crippen LogP contribution in [0.5, 0.6) is 0 Å². The number of alkyl halides is 1. The van der Waals surface area contributed by atoms with Gasteiger partial charge in [-0.05, 0) is 0 Å². The molecule has 7 heavy (non-hydrogen) atoms. The molecule has 40 valence electrons. The molecular weight excluding hydrogens is 160 g/mol. The van der Waals surface area contributed by atoms with Gasteiger partial charge in [-0.1, -0.05) is 21.9 Å². The Balaban J connectivity index is 0. The van der Waals surface area contributed by atoms with Crippen molar-refractivity contribution in [2.45, 2.75) is 0 Å². The van der Waals surface area contributed by atoms with Crippen molar-refractivity contribution < 1.29 is 9.90 Å². The first-order valence-electron chi connectivity index (χ1n) is 1.40. The molecule has 1 N–H and O–H groups in total. The molecule has 0 rings (SSSR count). The molecule has 0 unspecified atom stereocenters. The van der Waals surface area contributed by atoms with Gasteiger partial charge in [0.2, 0.25) is 0 Å². The fourth-order valence-electron chi connectivity index (χ4n) is 0. The number of halogens is 1. The van der Waals surface area contributed by atoms with E-state index in [4.69, 9.17) is 16.3 Å². The van der Waals surface area contributed by atoms with Crippen molar-refractivity contribution in [2.24, 2.45) is 0 Å². The summed E-state index contributed by atoms with van der Waals surface area (Å²) in [4.78, 5) is 8.36. The number of hydrogen-bond donors (Lipinski definition) is 1. The van der Waals surface area contributed by atoms with Crippen molar-refractivity contribution in [3.63, 3.8) is 0 Å². The minimum atomic E-state index is -0.250. The molecule has 0 saturated carbocycles. The first-order chi connectivity index (χ1) is 3.33. The Bertz CT molecular complexity index is 64.6. The Morgan fingerprint density at radius 2 is 2.14 bits per heavy atom. The smallest absolute Gasteiger partial charge is 0.290 e. The van der Waals surface area contributed by atoms with Gasteiger partial charge >= 0.3 is 0 Å². The summed E-state index contributed by atoms with van der Waals surface area (Å²) in [5.41, 5.74) is 0. The Hall–Kier alpha value is -0.490. The molecule has 0 aromatic carbocycles. The zero-order valence-corrected chi connectivity index (χ0v) is 5.18. The Morgan fingerprint density at radius 1 is 2.00 bits per heavy atom. The van der Waals surface area contributed by atoms with Gasteiger partial charge in [0, 0.05) is 0 Å². The van der Waals surface area contributed by atoms with Crippen LogP contribution in [0.25, 0.3) is 0 Å². The molecule has 0 fully saturated rings. The largest absolute Gasteiger partial charge is 0.483 e. The minimum absolute atomic E-state index is 0.250. The van der Waals surface area contributed by atoms with Gasteiger partial charge in [0.05, 0.1) is 5.33 Å². The quantitative estimate of drug-likeness (QED) is 0.326. The van der Waals surface area contributed by atoms with E-state index in [0.29, 0.717) is 5.33 Å². The van der Waals surface area contributed by atoms with E-state index in [2.05, 4.69) is 21.9 Å². The van der Waals surface area contributed by atoms with Gasteiger partial charge in [0.25, 0.3) is 6.47 Å². The van der Waals surface area contributed by atoms with E-state index in [9.17, 15) is 0 Å². The summed E-state index contributed by atoms with van der Waals surface area (Å²) in [6, 6.07) is 0. The van der Waals surface area contributed by atoms with Gasteiger partial charge in [-0.25, -0.2) is 0 Å². The maximum atomic E-state index is 8.36. The highest BCUT2D eigenvalue weighted by atomic mass is 79.9. The van der Waals surface area contributed by atoms with Crippen molar-refractivity contribution in [3.8, 4) is 12.3 Å². The van der Waals surface area contributed by atoms with E-state index in [1.54, 1.807) is 0 Å². The molecule has 0 bridgehead atoms. The van der Waals surface area contributed by atoms with Crippen LogP contribution in [-0.4, -0.2) is 16.9 Å². The number of rotatable bonds is 0. The van der Waals surface area contributed by atoms with Gasteiger partial charge in [-0.2, -0.15) is 0 Å². The van der Waals surface area contributed by atoms with Crippen LogP contribution in [0.4, 0.5) is 0 Å². The van der Waals surface area contributed by atoms with Gasteiger partial charge in [0.15, 0.2) is 0 Å². The van der Waals surface area contributed by atoms with Crippen LogP contribution in [0.3, 0.4) is 0 Å². The molecule has 0 aromatic rings. The van der Waals surface area contributed by atoms with E-state index in [0.717, 1.165) is 0 Å². The SMILES string of the molecule is C#CCBr.O=CO. The van der Waals surface area contributed by atoms with Crippen LogP contribution < -0.4 is 0 Å². The summed E-state index contributed by atoms with van der Waals surface area (Å²) in [6.45, 7) is -0.250. The fourth-order valence-corrected chi connectivity index (χ4v) is 0. The van der Waals surface area contributed by atoms with Crippen molar-refractivity contribution in [1.82, 2.24) is 0 Å². The zero-order chi connectivity index (χ0) is 6.12.